The minimum Gasteiger partial charge on any atom is -0.492 e. The third-order valence-corrected chi connectivity index (χ3v) is 2.59. The third kappa shape index (κ3) is 5.94. The van der Waals surface area contributed by atoms with Crippen molar-refractivity contribution in [3.63, 3.8) is 0 Å². The largest absolute Gasteiger partial charge is 0.492 e. The zero-order chi connectivity index (χ0) is 15.0. The van der Waals surface area contributed by atoms with E-state index >= 15 is 0 Å². The molecule has 112 valence electrons. The maximum atomic E-state index is 12.3. The van der Waals surface area contributed by atoms with Crippen molar-refractivity contribution in [2.75, 3.05) is 32.8 Å². The van der Waals surface area contributed by atoms with Crippen molar-refractivity contribution in [1.29, 1.82) is 0 Å². The average molecular weight is 289 g/mol. The highest BCUT2D eigenvalue weighted by Crippen LogP contribution is 2.12. The second-order valence-electron chi connectivity index (χ2n) is 4.09. The van der Waals surface area contributed by atoms with E-state index in [-0.39, 0.29) is 31.9 Å². The van der Waals surface area contributed by atoms with Crippen LogP contribution in [0, 0.1) is 0 Å². The number of nitrogens with zero attached hydrogens (tertiary/aromatic N) is 1. The smallest absolute Gasteiger partial charge is 0.335 e. The first-order valence-corrected chi connectivity index (χ1v) is 6.10. The van der Waals surface area contributed by atoms with Gasteiger partial charge in [0.05, 0.1) is 18.7 Å². The van der Waals surface area contributed by atoms with Crippen LogP contribution in [0.1, 0.15) is 10.4 Å². The summed E-state index contributed by atoms with van der Waals surface area (Å²) in [6, 6.07) is 5.82. The molecule has 0 fully saturated rings. The summed E-state index contributed by atoms with van der Waals surface area (Å²) in [4.78, 5) is 12.0. The van der Waals surface area contributed by atoms with Gasteiger partial charge in [0.25, 0.3) is 6.43 Å². The number of aliphatic hydroxyl groups excluding tert-OH is 1. The molecule has 0 amide bonds. The molecule has 20 heavy (non-hydrogen) atoms. The third-order valence-electron chi connectivity index (χ3n) is 2.59. The number of aromatic carboxylic acids is 1. The normalized spacial score (nSPS) is 11.1. The fourth-order valence-electron chi connectivity index (χ4n) is 1.62. The first kappa shape index (κ1) is 16.3. The van der Waals surface area contributed by atoms with E-state index in [0.717, 1.165) is 0 Å². The minimum atomic E-state index is -2.46. The standard InChI is InChI=1S/C13H17F2NO4/c14-12(15)9-16(5-7-17)6-8-20-11-3-1-10(2-4-11)13(18)19/h1-4,12,17H,5-9H2,(H,18,19). The highest BCUT2D eigenvalue weighted by atomic mass is 19.3. The zero-order valence-corrected chi connectivity index (χ0v) is 10.8. The van der Waals surface area contributed by atoms with Gasteiger partial charge in [0.2, 0.25) is 0 Å². The van der Waals surface area contributed by atoms with Crippen LogP contribution >= 0.6 is 0 Å². The van der Waals surface area contributed by atoms with E-state index in [1.807, 2.05) is 0 Å². The van der Waals surface area contributed by atoms with Crippen LogP contribution < -0.4 is 4.74 Å². The van der Waals surface area contributed by atoms with Crippen molar-refractivity contribution in [3.8, 4) is 5.75 Å². The molecule has 2 N–H and O–H groups in total. The minimum absolute atomic E-state index is 0.150. The molecule has 0 heterocycles. The Hall–Kier alpha value is -1.73. The highest BCUT2D eigenvalue weighted by molar-refractivity contribution is 5.87. The van der Waals surface area contributed by atoms with Crippen molar-refractivity contribution in [3.05, 3.63) is 29.8 Å². The van der Waals surface area contributed by atoms with E-state index in [0.29, 0.717) is 5.75 Å². The van der Waals surface area contributed by atoms with E-state index in [2.05, 4.69) is 0 Å². The molecular formula is C13H17F2NO4. The molecule has 0 aliphatic heterocycles. The van der Waals surface area contributed by atoms with Crippen LogP contribution in [0.25, 0.3) is 0 Å². The topological polar surface area (TPSA) is 70.0 Å². The van der Waals surface area contributed by atoms with Crippen LogP contribution in [0.5, 0.6) is 5.75 Å². The number of aliphatic hydroxyl groups is 1. The SMILES string of the molecule is O=C(O)c1ccc(OCCN(CCO)CC(F)F)cc1. The number of carboxylic acids is 1. The first-order valence-electron chi connectivity index (χ1n) is 6.10. The number of carbonyl (C=O) groups is 1. The molecule has 0 unspecified atom stereocenters. The summed E-state index contributed by atoms with van der Waals surface area (Å²) in [5.74, 6) is -0.557. The summed E-state index contributed by atoms with van der Waals surface area (Å²) in [7, 11) is 0. The molecule has 1 rings (SSSR count). The van der Waals surface area contributed by atoms with E-state index in [1.54, 1.807) is 0 Å². The Morgan fingerprint density at radius 1 is 1.25 bits per heavy atom. The maximum absolute atomic E-state index is 12.3. The number of alkyl halides is 2. The summed E-state index contributed by atoms with van der Waals surface area (Å²) in [6.07, 6.45) is -2.46. The zero-order valence-electron chi connectivity index (χ0n) is 10.8. The molecular weight excluding hydrogens is 272 g/mol. The lowest BCUT2D eigenvalue weighted by atomic mass is 10.2. The van der Waals surface area contributed by atoms with Gasteiger partial charge in [-0.1, -0.05) is 0 Å². The van der Waals surface area contributed by atoms with Gasteiger partial charge in [-0.2, -0.15) is 0 Å². The Labute approximate surface area is 115 Å². The molecule has 0 aliphatic carbocycles. The number of hydrogen-bond donors (Lipinski definition) is 2. The Balaban J connectivity index is 2.39. The van der Waals surface area contributed by atoms with Gasteiger partial charge in [-0.15, -0.1) is 0 Å². The number of ether oxygens (including phenoxy) is 1. The molecule has 0 atom stereocenters. The lowest BCUT2D eigenvalue weighted by molar-refractivity contribution is 0.0695. The van der Waals surface area contributed by atoms with Crippen LogP contribution in [0.2, 0.25) is 0 Å². The van der Waals surface area contributed by atoms with Gasteiger partial charge in [-0.05, 0) is 24.3 Å². The van der Waals surface area contributed by atoms with Crippen LogP contribution in [0.4, 0.5) is 8.78 Å². The van der Waals surface area contributed by atoms with Gasteiger partial charge < -0.3 is 14.9 Å². The van der Waals surface area contributed by atoms with E-state index in [4.69, 9.17) is 14.9 Å². The van der Waals surface area contributed by atoms with Crippen LogP contribution in [0.3, 0.4) is 0 Å². The highest BCUT2D eigenvalue weighted by Gasteiger charge is 2.11. The van der Waals surface area contributed by atoms with Crippen molar-refractivity contribution in [2.24, 2.45) is 0 Å². The summed E-state index contributed by atoms with van der Waals surface area (Å²) < 4.78 is 29.9. The Morgan fingerprint density at radius 2 is 1.90 bits per heavy atom. The van der Waals surface area contributed by atoms with Gasteiger partial charge in [0.1, 0.15) is 12.4 Å². The fourth-order valence-corrected chi connectivity index (χ4v) is 1.62. The number of rotatable bonds is 9. The predicted molar refractivity (Wildman–Crippen MR) is 68.4 cm³/mol. The summed E-state index contributed by atoms with van der Waals surface area (Å²) in [5, 5.41) is 17.5. The molecule has 1 aromatic carbocycles. The molecule has 0 aliphatic rings. The van der Waals surface area contributed by atoms with E-state index < -0.39 is 18.9 Å². The summed E-state index contributed by atoms with van der Waals surface area (Å²) >= 11 is 0. The molecule has 0 saturated carbocycles. The number of hydrogen-bond acceptors (Lipinski definition) is 4. The number of benzene rings is 1. The Morgan fingerprint density at radius 3 is 2.40 bits per heavy atom. The predicted octanol–water partition coefficient (Wildman–Crippen LogP) is 1.32. The lowest BCUT2D eigenvalue weighted by Crippen LogP contribution is -2.35. The van der Waals surface area contributed by atoms with Crippen molar-refractivity contribution >= 4 is 5.97 Å². The van der Waals surface area contributed by atoms with Gasteiger partial charge in [-0.3, -0.25) is 4.90 Å². The Kier molecular flexibility index (Phi) is 6.89. The van der Waals surface area contributed by atoms with E-state index in [1.165, 1.54) is 29.2 Å². The molecule has 0 saturated heterocycles. The van der Waals surface area contributed by atoms with Crippen LogP contribution in [-0.2, 0) is 0 Å². The first-order chi connectivity index (χ1) is 9.52. The Bertz CT molecular complexity index is 411. The molecule has 1 aromatic rings. The van der Waals surface area contributed by atoms with Crippen molar-refractivity contribution in [1.82, 2.24) is 4.90 Å². The van der Waals surface area contributed by atoms with Gasteiger partial charge in [-0.25, -0.2) is 13.6 Å². The fraction of sp³-hybridized carbons (Fsp3) is 0.462. The van der Waals surface area contributed by atoms with Crippen LogP contribution in [-0.4, -0.2) is 60.4 Å². The molecule has 5 nitrogen and oxygen atoms in total. The monoisotopic (exact) mass is 289 g/mol. The summed E-state index contributed by atoms with van der Waals surface area (Å²) in [6.45, 7) is -0.0156. The number of carboxylic acid groups (broad SMARTS) is 1. The van der Waals surface area contributed by atoms with Crippen LogP contribution in [0.15, 0.2) is 24.3 Å². The number of halogens is 2. The van der Waals surface area contributed by atoms with Crippen molar-refractivity contribution in [2.45, 2.75) is 6.43 Å². The van der Waals surface area contributed by atoms with Gasteiger partial charge in [0, 0.05) is 13.1 Å². The quantitative estimate of drug-likeness (QED) is 0.717. The summed E-state index contributed by atoms with van der Waals surface area (Å²) in [5.41, 5.74) is 0.150. The van der Waals surface area contributed by atoms with Gasteiger partial charge >= 0.3 is 5.97 Å². The maximum Gasteiger partial charge on any atom is 0.335 e. The second kappa shape index (κ2) is 8.44. The average Bonchev–Trinajstić information content (AvgIpc) is 2.39. The lowest BCUT2D eigenvalue weighted by Gasteiger charge is -2.20. The molecule has 0 bridgehead atoms. The molecule has 0 aromatic heterocycles. The van der Waals surface area contributed by atoms with E-state index in [9.17, 15) is 13.6 Å². The molecule has 7 heteroatoms. The molecule has 0 radical (unpaired) electrons. The van der Waals surface area contributed by atoms with Crippen molar-refractivity contribution < 1.29 is 28.5 Å². The molecule has 0 spiro atoms. The van der Waals surface area contributed by atoms with Gasteiger partial charge in [0.15, 0.2) is 0 Å². The second-order valence-corrected chi connectivity index (χ2v) is 4.09.